The molecule has 1 amide bonds. The number of aromatic nitrogens is 4. The number of benzene rings is 1. The van der Waals surface area contributed by atoms with Crippen LogP contribution in [0.1, 0.15) is 23.2 Å². The molecule has 142 valence electrons. The number of anilines is 1. The lowest BCUT2D eigenvalue weighted by molar-refractivity contribution is -0.117. The van der Waals surface area contributed by atoms with Gasteiger partial charge in [0.05, 0.1) is 5.75 Å². The smallest absolute Gasteiger partial charge is 0.227 e. The summed E-state index contributed by atoms with van der Waals surface area (Å²) in [6.45, 7) is 0.710. The van der Waals surface area contributed by atoms with Gasteiger partial charge in [0.25, 0.3) is 0 Å². The number of carbonyl (C=O) groups excluding carboxylic acids is 2. The van der Waals surface area contributed by atoms with Gasteiger partial charge in [-0.15, -0.1) is 10.2 Å². The summed E-state index contributed by atoms with van der Waals surface area (Å²) in [5, 5.41) is 9.09. The molecule has 1 aliphatic heterocycles. The summed E-state index contributed by atoms with van der Waals surface area (Å²) in [6.07, 6.45) is 4.84. The number of ketones is 1. The van der Waals surface area contributed by atoms with Crippen LogP contribution in [0.2, 0.25) is 0 Å². The SMILES string of the molecule is Cn1c(SCC(=O)c2cccc(N3CCCC3=O)c2)nnc1-c1ccncc1. The van der Waals surface area contributed by atoms with E-state index in [0.717, 1.165) is 23.5 Å². The molecule has 4 rings (SSSR count). The lowest BCUT2D eigenvalue weighted by Gasteiger charge is -2.16. The van der Waals surface area contributed by atoms with Crippen LogP contribution >= 0.6 is 11.8 Å². The number of carbonyl (C=O) groups is 2. The molecule has 0 saturated carbocycles. The highest BCUT2D eigenvalue weighted by molar-refractivity contribution is 7.99. The highest BCUT2D eigenvalue weighted by Crippen LogP contribution is 2.25. The number of pyridine rings is 1. The normalized spacial score (nSPS) is 13.9. The summed E-state index contributed by atoms with van der Waals surface area (Å²) >= 11 is 1.35. The molecule has 0 atom stereocenters. The Kier molecular flexibility index (Phi) is 5.21. The molecule has 28 heavy (non-hydrogen) atoms. The van der Waals surface area contributed by atoms with Crippen molar-refractivity contribution < 1.29 is 9.59 Å². The first-order valence-corrected chi connectivity index (χ1v) is 9.98. The average molecular weight is 393 g/mol. The van der Waals surface area contributed by atoms with Gasteiger partial charge < -0.3 is 9.47 Å². The van der Waals surface area contributed by atoms with E-state index in [1.807, 2.05) is 35.9 Å². The van der Waals surface area contributed by atoms with Gasteiger partial charge in [0.2, 0.25) is 5.91 Å². The first kappa shape index (κ1) is 18.4. The predicted molar refractivity (Wildman–Crippen MR) is 107 cm³/mol. The van der Waals surface area contributed by atoms with Crippen LogP contribution in [0.25, 0.3) is 11.4 Å². The van der Waals surface area contributed by atoms with Crippen molar-refractivity contribution in [3.63, 3.8) is 0 Å². The van der Waals surface area contributed by atoms with Gasteiger partial charge in [-0.1, -0.05) is 23.9 Å². The van der Waals surface area contributed by atoms with Crippen LogP contribution in [0.15, 0.2) is 53.9 Å². The Morgan fingerprint density at radius 3 is 2.75 bits per heavy atom. The minimum Gasteiger partial charge on any atom is -0.312 e. The van der Waals surface area contributed by atoms with Crippen molar-refractivity contribution in [3.8, 4) is 11.4 Å². The first-order chi connectivity index (χ1) is 13.6. The van der Waals surface area contributed by atoms with E-state index in [-0.39, 0.29) is 17.4 Å². The van der Waals surface area contributed by atoms with Crippen molar-refractivity contribution in [2.45, 2.75) is 18.0 Å². The molecule has 0 aliphatic carbocycles. The number of Topliss-reactive ketones (excluding diaryl/α,β-unsaturated/α-hetero) is 1. The first-order valence-electron chi connectivity index (χ1n) is 9.00. The van der Waals surface area contributed by atoms with E-state index >= 15 is 0 Å². The maximum Gasteiger partial charge on any atom is 0.227 e. The molecule has 3 aromatic rings. The molecule has 0 N–H and O–H groups in total. The lowest BCUT2D eigenvalue weighted by Crippen LogP contribution is -2.23. The van der Waals surface area contributed by atoms with Gasteiger partial charge in [0, 0.05) is 49.2 Å². The van der Waals surface area contributed by atoms with Crippen LogP contribution in [0.5, 0.6) is 0 Å². The Balaban J connectivity index is 1.45. The van der Waals surface area contributed by atoms with Crippen LogP contribution in [-0.2, 0) is 11.8 Å². The molecule has 0 unspecified atom stereocenters. The zero-order chi connectivity index (χ0) is 19.5. The van der Waals surface area contributed by atoms with Crippen LogP contribution in [0.4, 0.5) is 5.69 Å². The summed E-state index contributed by atoms with van der Waals surface area (Å²) in [6, 6.07) is 11.0. The predicted octanol–water partition coefficient (Wildman–Crippen LogP) is 2.98. The van der Waals surface area contributed by atoms with Crippen molar-refractivity contribution in [1.29, 1.82) is 0 Å². The van der Waals surface area contributed by atoms with E-state index in [1.54, 1.807) is 29.4 Å². The number of hydrogen-bond acceptors (Lipinski definition) is 6. The van der Waals surface area contributed by atoms with Crippen LogP contribution in [0.3, 0.4) is 0 Å². The second kappa shape index (κ2) is 7.93. The van der Waals surface area contributed by atoms with Gasteiger partial charge in [-0.2, -0.15) is 0 Å². The van der Waals surface area contributed by atoms with E-state index < -0.39 is 0 Å². The van der Waals surface area contributed by atoms with Crippen molar-refractivity contribution in [2.24, 2.45) is 7.05 Å². The second-order valence-corrected chi connectivity index (χ2v) is 7.45. The maximum absolute atomic E-state index is 12.7. The zero-order valence-electron chi connectivity index (χ0n) is 15.4. The molecule has 8 heteroatoms. The van der Waals surface area contributed by atoms with Crippen molar-refractivity contribution in [1.82, 2.24) is 19.7 Å². The van der Waals surface area contributed by atoms with E-state index in [1.165, 1.54) is 11.8 Å². The van der Waals surface area contributed by atoms with Crippen molar-refractivity contribution in [3.05, 3.63) is 54.4 Å². The monoisotopic (exact) mass is 393 g/mol. The molecule has 7 nitrogen and oxygen atoms in total. The Morgan fingerprint density at radius 2 is 2.00 bits per heavy atom. The molecule has 1 aromatic carbocycles. The third-order valence-corrected chi connectivity index (χ3v) is 5.68. The summed E-state index contributed by atoms with van der Waals surface area (Å²) in [7, 11) is 1.88. The fourth-order valence-corrected chi connectivity index (χ4v) is 3.98. The van der Waals surface area contributed by atoms with Crippen LogP contribution in [0, 0.1) is 0 Å². The van der Waals surface area contributed by atoms with Crippen molar-refractivity contribution >= 4 is 29.1 Å². The number of rotatable bonds is 6. The van der Waals surface area contributed by atoms with Gasteiger partial charge in [-0.25, -0.2) is 0 Å². The van der Waals surface area contributed by atoms with Gasteiger partial charge in [0.1, 0.15) is 0 Å². The fourth-order valence-electron chi connectivity index (χ4n) is 3.17. The number of amides is 1. The maximum atomic E-state index is 12.7. The number of nitrogens with zero attached hydrogens (tertiary/aromatic N) is 5. The van der Waals surface area contributed by atoms with E-state index in [2.05, 4.69) is 15.2 Å². The minimum atomic E-state index is -0.00745. The molecule has 0 radical (unpaired) electrons. The third-order valence-electron chi connectivity index (χ3n) is 4.66. The summed E-state index contributed by atoms with van der Waals surface area (Å²) in [5.41, 5.74) is 2.31. The van der Waals surface area contributed by atoms with E-state index in [0.29, 0.717) is 23.7 Å². The summed E-state index contributed by atoms with van der Waals surface area (Å²) < 4.78 is 1.87. The molecule has 1 fully saturated rings. The Morgan fingerprint density at radius 1 is 1.18 bits per heavy atom. The third kappa shape index (κ3) is 3.68. The fraction of sp³-hybridized carbons (Fsp3) is 0.250. The molecule has 1 saturated heterocycles. The van der Waals surface area contributed by atoms with Gasteiger partial charge in [-0.3, -0.25) is 14.6 Å². The van der Waals surface area contributed by atoms with E-state index in [9.17, 15) is 9.59 Å². The van der Waals surface area contributed by atoms with Crippen LogP contribution in [-0.4, -0.2) is 43.7 Å². The Hall–Kier alpha value is -3.00. The van der Waals surface area contributed by atoms with E-state index in [4.69, 9.17) is 0 Å². The summed E-state index contributed by atoms with van der Waals surface area (Å²) in [4.78, 5) is 30.4. The highest BCUT2D eigenvalue weighted by atomic mass is 32.2. The van der Waals surface area contributed by atoms with Gasteiger partial charge in [0.15, 0.2) is 16.8 Å². The minimum absolute atomic E-state index is 0.00745. The Bertz CT molecular complexity index is 1020. The van der Waals surface area contributed by atoms with Crippen molar-refractivity contribution in [2.75, 3.05) is 17.2 Å². The number of hydrogen-bond donors (Lipinski definition) is 0. The largest absolute Gasteiger partial charge is 0.312 e. The molecule has 0 bridgehead atoms. The zero-order valence-corrected chi connectivity index (χ0v) is 16.2. The lowest BCUT2D eigenvalue weighted by atomic mass is 10.1. The topological polar surface area (TPSA) is 81.0 Å². The number of thioether (sulfide) groups is 1. The molecular weight excluding hydrogens is 374 g/mol. The van der Waals surface area contributed by atoms with Crippen LogP contribution < -0.4 is 4.90 Å². The van der Waals surface area contributed by atoms with Gasteiger partial charge in [-0.05, 0) is 30.7 Å². The summed E-state index contributed by atoms with van der Waals surface area (Å²) in [5.74, 6) is 1.08. The Labute approximate surface area is 166 Å². The van der Waals surface area contributed by atoms with Gasteiger partial charge >= 0.3 is 0 Å². The standard InChI is InChI=1S/C20H19N5O2S/c1-24-19(14-7-9-21-10-8-14)22-23-20(24)28-13-17(26)15-4-2-5-16(12-15)25-11-3-6-18(25)27/h2,4-5,7-10,12H,3,6,11,13H2,1H3. The second-order valence-electron chi connectivity index (χ2n) is 6.51. The molecule has 3 heterocycles. The molecule has 2 aromatic heterocycles. The molecule has 0 spiro atoms. The molecular formula is C20H19N5O2S. The highest BCUT2D eigenvalue weighted by Gasteiger charge is 2.22. The molecule has 1 aliphatic rings. The average Bonchev–Trinajstić information content (AvgIpc) is 3.32. The quantitative estimate of drug-likeness (QED) is 0.473.